The Morgan fingerprint density at radius 2 is 2.11 bits per heavy atom. The van der Waals surface area contributed by atoms with E-state index in [0.29, 0.717) is 12.8 Å². The van der Waals surface area contributed by atoms with Gasteiger partial charge in [0.1, 0.15) is 6.61 Å². The number of carbonyl (C=O) groups excluding carboxylic acids is 2. The maximum absolute atomic E-state index is 13.7. The molecule has 10 heteroatoms. The number of hydrogen-bond donors (Lipinski definition) is 2. The largest absolute Gasteiger partial charge is 0.756 e. The van der Waals surface area contributed by atoms with Crippen LogP contribution in [0.4, 0.5) is 0 Å². The lowest BCUT2D eigenvalue weighted by Crippen LogP contribution is -2.63. The molecule has 194 valence electrons. The highest BCUT2D eigenvalue weighted by molar-refractivity contribution is 7.44. The van der Waals surface area contributed by atoms with Crippen LogP contribution in [-0.2, 0) is 28.2 Å². The van der Waals surface area contributed by atoms with Gasteiger partial charge in [-0.15, -0.1) is 0 Å². The minimum Gasteiger partial charge on any atom is -0.756 e. The molecule has 0 aromatic heterocycles. The van der Waals surface area contributed by atoms with Crippen LogP contribution < -0.4 is 4.89 Å². The van der Waals surface area contributed by atoms with E-state index < -0.39 is 55.1 Å². The molecule has 10 atom stereocenters. The summed E-state index contributed by atoms with van der Waals surface area (Å²) in [5.74, 6) is -0.718. The molecule has 0 spiro atoms. The second-order valence-electron chi connectivity index (χ2n) is 11.3. The highest BCUT2D eigenvalue weighted by Gasteiger charge is 2.75. The van der Waals surface area contributed by atoms with Crippen LogP contribution in [-0.4, -0.2) is 52.3 Å². The number of phosphoric acid groups is 1. The zero-order valence-electron chi connectivity index (χ0n) is 20.3. The minimum absolute atomic E-state index is 0.0231. The number of ketones is 2. The molecule has 4 fully saturated rings. The van der Waals surface area contributed by atoms with Crippen LogP contribution in [0.15, 0.2) is 23.8 Å². The van der Waals surface area contributed by atoms with Gasteiger partial charge in [0.15, 0.2) is 23.5 Å². The molecule has 0 radical (unpaired) electrons. The average Bonchev–Trinajstić information content (AvgIpc) is 3.24. The van der Waals surface area contributed by atoms with E-state index in [4.69, 9.17) is 14.4 Å². The van der Waals surface area contributed by atoms with Gasteiger partial charge >= 0.3 is 0 Å². The predicted molar refractivity (Wildman–Crippen MR) is 122 cm³/mol. The minimum atomic E-state index is -5.11. The topological polar surface area (TPSA) is 142 Å². The Hall–Kier alpha value is -1.19. The van der Waals surface area contributed by atoms with E-state index >= 15 is 0 Å². The van der Waals surface area contributed by atoms with E-state index in [-0.39, 0.29) is 30.0 Å². The second-order valence-corrected chi connectivity index (χ2v) is 12.5. The number of aliphatic hydroxyl groups excluding tert-OH is 1. The highest BCUT2D eigenvalue weighted by atomic mass is 31.2. The third-order valence-corrected chi connectivity index (χ3v) is 10.0. The van der Waals surface area contributed by atoms with Crippen LogP contribution >= 0.6 is 7.82 Å². The van der Waals surface area contributed by atoms with Crippen molar-refractivity contribution in [1.82, 2.24) is 0 Å². The van der Waals surface area contributed by atoms with Crippen molar-refractivity contribution >= 4 is 19.4 Å². The molecule has 2 N–H and O–H groups in total. The van der Waals surface area contributed by atoms with Gasteiger partial charge in [0.2, 0.25) is 0 Å². The van der Waals surface area contributed by atoms with E-state index in [9.17, 15) is 24.2 Å². The molecule has 0 aromatic carbocycles. The standard InChI is InChI=1S/C25H35O9P/c1-4-5-21-33-20-11-17-16-7-6-14-10-15(26)8-9-23(14,2)22(16)18(27)12-24(17,3)25(20,34-21)19(28)13-32-35(29,30)31/h8-10,16-18,20-22,27H,4-7,11-13H2,1-3H3,(H2,29,30,31)/p-1. The van der Waals surface area contributed by atoms with Crippen molar-refractivity contribution in [2.75, 3.05) is 6.61 Å². The molecule has 1 aliphatic heterocycles. The van der Waals surface area contributed by atoms with Gasteiger partial charge in [0, 0.05) is 16.7 Å². The molecule has 1 heterocycles. The average molecular weight is 510 g/mol. The summed E-state index contributed by atoms with van der Waals surface area (Å²) in [6, 6.07) is 0. The molecule has 35 heavy (non-hydrogen) atoms. The summed E-state index contributed by atoms with van der Waals surface area (Å²) >= 11 is 0. The summed E-state index contributed by atoms with van der Waals surface area (Å²) in [4.78, 5) is 46.1. The first kappa shape index (κ1) is 25.5. The summed E-state index contributed by atoms with van der Waals surface area (Å²) in [7, 11) is -5.11. The van der Waals surface area contributed by atoms with Crippen molar-refractivity contribution in [3.05, 3.63) is 23.8 Å². The van der Waals surface area contributed by atoms with Crippen molar-refractivity contribution in [3.8, 4) is 0 Å². The molecule has 5 aliphatic rings. The first-order valence-electron chi connectivity index (χ1n) is 12.5. The van der Waals surface area contributed by atoms with Gasteiger partial charge < -0.3 is 28.9 Å². The Morgan fingerprint density at radius 1 is 1.37 bits per heavy atom. The molecular weight excluding hydrogens is 475 g/mol. The fourth-order valence-electron chi connectivity index (χ4n) is 8.25. The number of ether oxygens (including phenoxy) is 2. The third kappa shape index (κ3) is 3.69. The van der Waals surface area contributed by atoms with Crippen LogP contribution in [0.3, 0.4) is 0 Å². The van der Waals surface area contributed by atoms with Crippen LogP contribution in [0, 0.1) is 28.6 Å². The zero-order valence-corrected chi connectivity index (χ0v) is 21.2. The lowest BCUT2D eigenvalue weighted by atomic mass is 9.46. The first-order valence-corrected chi connectivity index (χ1v) is 14.0. The smallest absolute Gasteiger partial charge is 0.265 e. The van der Waals surface area contributed by atoms with Gasteiger partial charge in [-0.05, 0) is 56.1 Å². The quantitative estimate of drug-likeness (QED) is 0.515. The van der Waals surface area contributed by atoms with Gasteiger partial charge in [-0.1, -0.05) is 38.8 Å². The molecule has 5 rings (SSSR count). The van der Waals surface area contributed by atoms with Crippen molar-refractivity contribution in [1.29, 1.82) is 0 Å². The number of carbonyl (C=O) groups is 2. The molecule has 1 saturated heterocycles. The van der Waals surface area contributed by atoms with Crippen LogP contribution in [0.1, 0.15) is 59.3 Å². The Kier molecular flexibility index (Phi) is 6.12. The molecule has 9 nitrogen and oxygen atoms in total. The number of Topliss-reactive ketones (excluding diaryl/α,β-unsaturated/α-hetero) is 1. The van der Waals surface area contributed by atoms with Gasteiger partial charge in [0.05, 0.1) is 12.2 Å². The fraction of sp³-hybridized carbons (Fsp3) is 0.760. The molecular formula is C25H34O9P-. The zero-order chi connectivity index (χ0) is 25.4. The fourth-order valence-corrected chi connectivity index (χ4v) is 8.53. The summed E-state index contributed by atoms with van der Waals surface area (Å²) in [5, 5.41) is 11.6. The number of allylic oxidation sites excluding steroid dienone is 4. The number of rotatable bonds is 6. The van der Waals surface area contributed by atoms with Crippen molar-refractivity contribution in [2.24, 2.45) is 28.6 Å². The first-order chi connectivity index (χ1) is 16.4. The molecule has 0 bridgehead atoms. The molecule has 0 aromatic rings. The lowest BCUT2D eigenvalue weighted by molar-refractivity contribution is -0.223. The van der Waals surface area contributed by atoms with Crippen LogP contribution in [0.2, 0.25) is 0 Å². The highest BCUT2D eigenvalue weighted by Crippen LogP contribution is 2.69. The number of aliphatic hydroxyl groups is 1. The van der Waals surface area contributed by atoms with Crippen LogP contribution in [0.5, 0.6) is 0 Å². The summed E-state index contributed by atoms with van der Waals surface area (Å²) in [6.45, 7) is 5.15. The molecule has 4 aliphatic carbocycles. The van der Waals surface area contributed by atoms with Crippen molar-refractivity contribution in [3.63, 3.8) is 0 Å². The van der Waals surface area contributed by atoms with Crippen LogP contribution in [0.25, 0.3) is 0 Å². The van der Waals surface area contributed by atoms with Gasteiger partial charge in [-0.25, -0.2) is 0 Å². The van der Waals surface area contributed by atoms with Gasteiger partial charge in [-0.3, -0.25) is 14.2 Å². The molecule has 0 amide bonds. The predicted octanol–water partition coefficient (Wildman–Crippen LogP) is 2.20. The van der Waals surface area contributed by atoms with E-state index in [1.165, 1.54) is 0 Å². The maximum Gasteiger partial charge on any atom is 0.265 e. The van der Waals surface area contributed by atoms with Crippen molar-refractivity contribution in [2.45, 2.75) is 83.4 Å². The summed E-state index contributed by atoms with van der Waals surface area (Å²) in [5.41, 5.74) is -1.71. The van der Waals surface area contributed by atoms with E-state index in [1.54, 1.807) is 12.2 Å². The Balaban J connectivity index is 1.53. The third-order valence-electron chi connectivity index (χ3n) is 9.59. The number of fused-ring (bicyclic) bond motifs is 7. The SMILES string of the molecule is CCCC1OC2CC3C4CCC5=CC(=O)C=CC5(C)C4C(O)CC3(C)C2(C(=O)COP(=O)([O-])O)O1. The Bertz CT molecular complexity index is 1030. The van der Waals surface area contributed by atoms with Gasteiger partial charge in [-0.2, -0.15) is 0 Å². The Morgan fingerprint density at radius 3 is 2.80 bits per heavy atom. The molecule has 10 unspecified atom stereocenters. The normalized spacial score (nSPS) is 47.8. The van der Waals surface area contributed by atoms with Crippen molar-refractivity contribution < 1.29 is 43.0 Å². The maximum atomic E-state index is 13.7. The van der Waals surface area contributed by atoms with Gasteiger partial charge in [0.25, 0.3) is 7.82 Å². The summed E-state index contributed by atoms with van der Waals surface area (Å²) < 4.78 is 28.4. The van der Waals surface area contributed by atoms with E-state index in [0.717, 1.165) is 24.8 Å². The number of phosphoric ester groups is 1. The lowest BCUT2D eigenvalue weighted by Gasteiger charge is -2.59. The molecule has 3 saturated carbocycles. The summed E-state index contributed by atoms with van der Waals surface area (Å²) in [6.07, 6.45) is 6.87. The monoisotopic (exact) mass is 509 g/mol. The van der Waals surface area contributed by atoms with E-state index in [1.807, 2.05) is 19.9 Å². The second kappa shape index (κ2) is 8.42. The Labute approximate surface area is 205 Å². The number of hydrogen-bond acceptors (Lipinski definition) is 8. The van der Waals surface area contributed by atoms with E-state index in [2.05, 4.69) is 11.4 Å².